The van der Waals surface area contributed by atoms with E-state index in [-0.39, 0.29) is 0 Å². The van der Waals surface area contributed by atoms with E-state index in [1.54, 1.807) is 6.21 Å². The van der Waals surface area contributed by atoms with E-state index in [4.69, 9.17) is 19.2 Å². The predicted molar refractivity (Wildman–Crippen MR) is 124 cm³/mol. The molecule has 10 nitrogen and oxygen atoms in total. The van der Waals surface area contributed by atoms with Gasteiger partial charge in [-0.25, -0.2) is 5.43 Å². The lowest BCUT2D eigenvalue weighted by Gasteiger charge is -2.30. The molecular weight excluding hydrogens is 410 g/mol. The van der Waals surface area contributed by atoms with E-state index < -0.39 is 0 Å². The molecule has 0 saturated carbocycles. The third kappa shape index (κ3) is 6.04. The molecule has 2 saturated heterocycles. The van der Waals surface area contributed by atoms with Gasteiger partial charge < -0.3 is 24.0 Å². The largest absolute Gasteiger partial charge is 0.493 e. The summed E-state index contributed by atoms with van der Waals surface area (Å²) in [6, 6.07) is 7.82. The summed E-state index contributed by atoms with van der Waals surface area (Å²) in [4.78, 5) is 18.1. The van der Waals surface area contributed by atoms with Crippen molar-refractivity contribution >= 4 is 24.1 Å². The van der Waals surface area contributed by atoms with Gasteiger partial charge in [-0.15, -0.1) is 0 Å². The highest BCUT2D eigenvalue weighted by molar-refractivity contribution is 5.83. The summed E-state index contributed by atoms with van der Waals surface area (Å²) in [5.74, 6) is 2.90. The van der Waals surface area contributed by atoms with Crippen LogP contribution in [0.2, 0.25) is 0 Å². The minimum Gasteiger partial charge on any atom is -0.493 e. The Balaban J connectivity index is 1.52. The van der Waals surface area contributed by atoms with Crippen LogP contribution in [0.1, 0.15) is 19.4 Å². The van der Waals surface area contributed by atoms with Crippen molar-refractivity contribution < 1.29 is 14.2 Å². The van der Waals surface area contributed by atoms with Crippen molar-refractivity contribution in [3.05, 3.63) is 29.8 Å². The van der Waals surface area contributed by atoms with E-state index in [9.17, 15) is 0 Å². The lowest BCUT2D eigenvalue weighted by molar-refractivity contribution is 0.121. The molecule has 0 radical (unpaired) electrons. The molecule has 172 valence electrons. The van der Waals surface area contributed by atoms with Crippen LogP contribution in [-0.2, 0) is 9.47 Å². The van der Waals surface area contributed by atoms with Crippen LogP contribution >= 0.6 is 0 Å². The molecule has 2 aliphatic rings. The van der Waals surface area contributed by atoms with Crippen LogP contribution in [0.4, 0.5) is 17.8 Å². The molecule has 0 aliphatic carbocycles. The number of hydrogen-bond donors (Lipinski definition) is 1. The summed E-state index contributed by atoms with van der Waals surface area (Å²) in [7, 11) is 0. The summed E-state index contributed by atoms with van der Waals surface area (Å²) in [6.45, 7) is 10.5. The Bertz CT molecular complexity index is 861. The van der Waals surface area contributed by atoms with Gasteiger partial charge in [0.05, 0.1) is 39.2 Å². The van der Waals surface area contributed by atoms with Crippen LogP contribution in [0.5, 0.6) is 5.75 Å². The summed E-state index contributed by atoms with van der Waals surface area (Å²) in [5, 5.41) is 4.38. The molecule has 0 atom stereocenters. The lowest BCUT2D eigenvalue weighted by atomic mass is 10.2. The smallest absolute Gasteiger partial charge is 0.250 e. The van der Waals surface area contributed by atoms with Gasteiger partial charge in [-0.2, -0.15) is 20.1 Å². The van der Waals surface area contributed by atoms with Crippen molar-refractivity contribution in [1.29, 1.82) is 0 Å². The molecular formula is C22H31N7O3. The molecule has 0 unspecified atom stereocenters. The molecule has 10 heteroatoms. The first kappa shape index (κ1) is 22.2. The van der Waals surface area contributed by atoms with Gasteiger partial charge in [0.2, 0.25) is 17.8 Å². The van der Waals surface area contributed by atoms with Gasteiger partial charge in [0.1, 0.15) is 5.75 Å². The number of hydrazone groups is 1. The fourth-order valence-corrected chi connectivity index (χ4v) is 3.35. The van der Waals surface area contributed by atoms with E-state index in [0.29, 0.717) is 56.8 Å². The van der Waals surface area contributed by atoms with E-state index in [2.05, 4.69) is 44.1 Å². The van der Waals surface area contributed by atoms with Crippen molar-refractivity contribution in [2.75, 3.05) is 74.4 Å². The quantitative estimate of drug-likeness (QED) is 0.487. The van der Waals surface area contributed by atoms with Gasteiger partial charge >= 0.3 is 0 Å². The average molecular weight is 442 g/mol. The second-order valence-electron chi connectivity index (χ2n) is 8.07. The normalized spacial score (nSPS) is 17.2. The summed E-state index contributed by atoms with van der Waals surface area (Å²) in [6.07, 6.45) is 1.72. The second kappa shape index (κ2) is 11.1. The standard InChI is InChI=1S/C22H31N7O3/c1-17(2)16-32-19-6-4-3-5-18(19)15-23-27-20-24-21(28-7-11-30-12-8-28)26-22(25-20)29-9-13-31-14-10-29/h3-6,15,17H,7-14,16H2,1-2H3,(H,24,25,26,27)/b23-15-. The molecule has 3 heterocycles. The van der Waals surface area contributed by atoms with Crippen molar-refractivity contribution in [1.82, 2.24) is 15.0 Å². The van der Waals surface area contributed by atoms with Crippen LogP contribution in [-0.4, -0.2) is 80.4 Å². The topological polar surface area (TPSA) is 97.2 Å². The second-order valence-corrected chi connectivity index (χ2v) is 8.07. The minimum atomic E-state index is 0.403. The van der Waals surface area contributed by atoms with Crippen molar-refractivity contribution in [2.45, 2.75) is 13.8 Å². The van der Waals surface area contributed by atoms with Crippen LogP contribution < -0.4 is 20.0 Å². The van der Waals surface area contributed by atoms with E-state index >= 15 is 0 Å². The molecule has 2 fully saturated rings. The molecule has 0 bridgehead atoms. The van der Waals surface area contributed by atoms with Crippen molar-refractivity contribution in [3.63, 3.8) is 0 Å². The van der Waals surface area contributed by atoms with E-state index in [1.807, 2.05) is 24.3 Å². The molecule has 4 rings (SSSR count). The molecule has 1 N–H and O–H groups in total. The zero-order chi connectivity index (χ0) is 22.2. The first-order valence-corrected chi connectivity index (χ1v) is 11.1. The maximum absolute atomic E-state index is 5.90. The Morgan fingerprint density at radius 1 is 0.969 bits per heavy atom. The van der Waals surface area contributed by atoms with Gasteiger partial charge in [0.15, 0.2) is 0 Å². The molecule has 2 aliphatic heterocycles. The zero-order valence-corrected chi connectivity index (χ0v) is 18.7. The van der Waals surface area contributed by atoms with Crippen LogP contribution in [0, 0.1) is 5.92 Å². The summed E-state index contributed by atoms with van der Waals surface area (Å²) in [5.41, 5.74) is 3.87. The Morgan fingerprint density at radius 2 is 1.56 bits per heavy atom. The highest BCUT2D eigenvalue weighted by atomic mass is 16.5. The van der Waals surface area contributed by atoms with Gasteiger partial charge in [0.25, 0.3) is 0 Å². The number of aromatic nitrogens is 3. The monoisotopic (exact) mass is 441 g/mol. The Hall–Kier alpha value is -2.98. The van der Waals surface area contributed by atoms with Crippen LogP contribution in [0.15, 0.2) is 29.4 Å². The summed E-state index contributed by atoms with van der Waals surface area (Å²) < 4.78 is 16.8. The average Bonchev–Trinajstić information content (AvgIpc) is 2.84. The number of benzene rings is 1. The highest BCUT2D eigenvalue weighted by Crippen LogP contribution is 2.20. The number of nitrogens with zero attached hydrogens (tertiary/aromatic N) is 6. The Morgan fingerprint density at radius 3 is 2.16 bits per heavy atom. The number of nitrogens with one attached hydrogen (secondary N) is 1. The van der Waals surface area contributed by atoms with Crippen molar-refractivity contribution in [3.8, 4) is 5.75 Å². The van der Waals surface area contributed by atoms with Gasteiger partial charge in [-0.3, -0.25) is 0 Å². The number of para-hydroxylation sites is 1. The number of anilines is 3. The highest BCUT2D eigenvalue weighted by Gasteiger charge is 2.20. The van der Waals surface area contributed by atoms with Crippen LogP contribution in [0.25, 0.3) is 0 Å². The van der Waals surface area contributed by atoms with E-state index in [1.165, 1.54) is 0 Å². The molecule has 0 spiro atoms. The zero-order valence-electron chi connectivity index (χ0n) is 18.7. The minimum absolute atomic E-state index is 0.403. The SMILES string of the molecule is CC(C)COc1ccccc1/C=N\Nc1nc(N2CCOCC2)nc(N2CCOCC2)n1. The number of rotatable bonds is 8. The van der Waals surface area contributed by atoms with Gasteiger partial charge in [0, 0.05) is 31.7 Å². The third-order valence-electron chi connectivity index (χ3n) is 5.06. The first-order valence-electron chi connectivity index (χ1n) is 11.1. The molecule has 32 heavy (non-hydrogen) atoms. The molecule has 0 amide bonds. The predicted octanol–water partition coefficient (Wildman–Crippen LogP) is 2.03. The third-order valence-corrected chi connectivity index (χ3v) is 5.06. The van der Waals surface area contributed by atoms with Crippen molar-refractivity contribution in [2.24, 2.45) is 11.0 Å². The Kier molecular flexibility index (Phi) is 7.68. The summed E-state index contributed by atoms with van der Waals surface area (Å²) >= 11 is 0. The molecule has 1 aromatic carbocycles. The lowest BCUT2D eigenvalue weighted by Crippen LogP contribution is -2.40. The maximum atomic E-state index is 5.90. The number of hydrogen-bond acceptors (Lipinski definition) is 10. The molecule has 1 aromatic heterocycles. The van der Waals surface area contributed by atoms with Crippen LogP contribution in [0.3, 0.4) is 0 Å². The number of ether oxygens (including phenoxy) is 3. The number of morpholine rings is 2. The van der Waals surface area contributed by atoms with Gasteiger partial charge in [-0.05, 0) is 18.1 Å². The fraction of sp³-hybridized carbons (Fsp3) is 0.545. The Labute approximate surface area is 188 Å². The van der Waals surface area contributed by atoms with Gasteiger partial charge in [-0.1, -0.05) is 26.0 Å². The fourth-order valence-electron chi connectivity index (χ4n) is 3.35. The maximum Gasteiger partial charge on any atom is 0.250 e. The first-order chi connectivity index (χ1) is 15.7. The van der Waals surface area contributed by atoms with E-state index in [0.717, 1.165) is 37.5 Å². The molecule has 2 aromatic rings.